The van der Waals surface area contributed by atoms with Crippen molar-refractivity contribution in [2.45, 2.75) is 32.6 Å². The van der Waals surface area contributed by atoms with Gasteiger partial charge in [-0.25, -0.2) is 4.98 Å². The first kappa shape index (κ1) is 14.5. The van der Waals surface area contributed by atoms with E-state index < -0.39 is 0 Å². The van der Waals surface area contributed by atoms with E-state index in [1.165, 1.54) is 16.3 Å². The maximum absolute atomic E-state index is 5.85. The number of aromatic nitrogens is 2. The zero-order valence-electron chi connectivity index (χ0n) is 13.0. The molecule has 1 aliphatic rings. The second kappa shape index (κ2) is 6.14. The van der Waals surface area contributed by atoms with E-state index in [0.717, 1.165) is 42.4 Å². The highest BCUT2D eigenvalue weighted by molar-refractivity contribution is 5.58. The summed E-state index contributed by atoms with van der Waals surface area (Å²) in [5.41, 5.74) is 10.7. The van der Waals surface area contributed by atoms with Crippen molar-refractivity contribution in [1.29, 1.82) is 0 Å². The zero-order chi connectivity index (χ0) is 15.5. The van der Waals surface area contributed by atoms with Crippen LogP contribution in [0.2, 0.25) is 0 Å². The van der Waals surface area contributed by atoms with Gasteiger partial charge in [0, 0.05) is 11.9 Å². The zero-order valence-corrected chi connectivity index (χ0v) is 13.0. The first-order chi connectivity index (χ1) is 10.7. The molecule has 3 rings (SSSR count). The normalized spacial score (nSPS) is 13.0. The summed E-state index contributed by atoms with van der Waals surface area (Å²) >= 11 is 0. The molecule has 2 aromatic heterocycles. The van der Waals surface area contributed by atoms with E-state index in [0.29, 0.717) is 5.70 Å². The number of fused-ring (bicyclic) bond motifs is 1. The minimum absolute atomic E-state index is 0.516. The summed E-state index contributed by atoms with van der Waals surface area (Å²) < 4.78 is 0. The van der Waals surface area contributed by atoms with Crippen molar-refractivity contribution in [2.24, 2.45) is 5.73 Å². The number of hydrogen-bond donors (Lipinski definition) is 1. The third-order valence-electron chi connectivity index (χ3n) is 4.00. The Bertz CT molecular complexity index is 817. The van der Waals surface area contributed by atoms with Crippen molar-refractivity contribution in [1.82, 2.24) is 9.97 Å². The monoisotopic (exact) mass is 291 g/mol. The Morgan fingerprint density at radius 3 is 2.77 bits per heavy atom. The average Bonchev–Trinajstić information content (AvgIpc) is 2.55. The molecule has 0 saturated heterocycles. The fourth-order valence-corrected chi connectivity index (χ4v) is 2.77. The lowest BCUT2D eigenvalue weighted by molar-refractivity contribution is 0.997. The van der Waals surface area contributed by atoms with Crippen LogP contribution in [0.25, 0.3) is 17.8 Å². The van der Waals surface area contributed by atoms with Gasteiger partial charge >= 0.3 is 0 Å². The molecule has 0 bridgehead atoms. The molecule has 0 saturated carbocycles. The van der Waals surface area contributed by atoms with Gasteiger partial charge in [0.15, 0.2) is 0 Å². The van der Waals surface area contributed by atoms with Gasteiger partial charge in [-0.2, -0.15) is 0 Å². The average molecular weight is 291 g/mol. The lowest BCUT2D eigenvalue weighted by Crippen LogP contribution is -2.35. The molecule has 0 fully saturated rings. The van der Waals surface area contributed by atoms with E-state index in [4.69, 9.17) is 5.73 Å². The van der Waals surface area contributed by atoms with Crippen LogP contribution in [0.3, 0.4) is 0 Å². The molecule has 0 radical (unpaired) electrons. The second-order valence-corrected chi connectivity index (χ2v) is 5.66. The maximum atomic E-state index is 5.85. The van der Waals surface area contributed by atoms with E-state index in [2.05, 4.69) is 53.8 Å². The summed E-state index contributed by atoms with van der Waals surface area (Å²) in [5, 5.41) is 2.26. The highest BCUT2D eigenvalue weighted by atomic mass is 14.7. The van der Waals surface area contributed by atoms with Gasteiger partial charge in [0.2, 0.25) is 0 Å². The Kier molecular flexibility index (Phi) is 4.05. The van der Waals surface area contributed by atoms with Gasteiger partial charge in [-0.1, -0.05) is 31.7 Å². The van der Waals surface area contributed by atoms with Crippen molar-refractivity contribution >= 4 is 17.8 Å². The largest absolute Gasteiger partial charge is 0.397 e. The van der Waals surface area contributed by atoms with Crippen LogP contribution in [0.1, 0.15) is 42.3 Å². The highest BCUT2D eigenvalue weighted by Gasteiger charge is 2.07. The SMILES string of the molecule is C=C(N)c1cc(Cc2ccc(CC)nc2)c2c(n1)=CCCC=2. The maximum Gasteiger partial charge on any atom is 0.0863 e. The van der Waals surface area contributed by atoms with Gasteiger partial charge in [0.1, 0.15) is 0 Å². The van der Waals surface area contributed by atoms with E-state index >= 15 is 0 Å². The van der Waals surface area contributed by atoms with Gasteiger partial charge in [0.25, 0.3) is 0 Å². The van der Waals surface area contributed by atoms with Crippen LogP contribution in [-0.2, 0) is 12.8 Å². The van der Waals surface area contributed by atoms with E-state index in [9.17, 15) is 0 Å². The first-order valence-corrected chi connectivity index (χ1v) is 7.76. The summed E-state index contributed by atoms with van der Waals surface area (Å²) in [6.45, 7) is 5.94. The molecule has 0 atom stereocenters. The van der Waals surface area contributed by atoms with Gasteiger partial charge < -0.3 is 5.73 Å². The molecule has 0 aromatic carbocycles. The fourth-order valence-electron chi connectivity index (χ4n) is 2.77. The lowest BCUT2D eigenvalue weighted by Gasteiger charge is -2.10. The number of nitrogens with zero attached hydrogens (tertiary/aromatic N) is 2. The smallest absolute Gasteiger partial charge is 0.0863 e. The van der Waals surface area contributed by atoms with Gasteiger partial charge in [-0.15, -0.1) is 0 Å². The van der Waals surface area contributed by atoms with Gasteiger partial charge in [0.05, 0.1) is 16.7 Å². The molecule has 1 aliphatic carbocycles. The van der Waals surface area contributed by atoms with Crippen molar-refractivity contribution in [3.63, 3.8) is 0 Å². The van der Waals surface area contributed by atoms with Crippen LogP contribution in [0.5, 0.6) is 0 Å². The van der Waals surface area contributed by atoms with Crippen molar-refractivity contribution in [3.8, 4) is 0 Å². The molecule has 0 amide bonds. The molecule has 0 aliphatic heterocycles. The predicted octanol–water partition coefficient (Wildman–Crippen LogP) is 1.91. The van der Waals surface area contributed by atoms with Crippen LogP contribution in [-0.4, -0.2) is 9.97 Å². The van der Waals surface area contributed by atoms with Crippen LogP contribution in [0.15, 0.2) is 31.0 Å². The number of rotatable bonds is 4. The minimum Gasteiger partial charge on any atom is -0.397 e. The lowest BCUT2D eigenvalue weighted by atomic mass is 10.00. The third-order valence-corrected chi connectivity index (χ3v) is 4.00. The molecule has 2 heterocycles. The molecule has 0 spiro atoms. The molecule has 22 heavy (non-hydrogen) atoms. The summed E-state index contributed by atoms with van der Waals surface area (Å²) in [7, 11) is 0. The van der Waals surface area contributed by atoms with E-state index in [1.807, 2.05) is 6.20 Å². The Morgan fingerprint density at radius 2 is 2.09 bits per heavy atom. The van der Waals surface area contributed by atoms with Crippen LogP contribution in [0.4, 0.5) is 0 Å². The molecule has 2 aromatic rings. The quantitative estimate of drug-likeness (QED) is 0.936. The van der Waals surface area contributed by atoms with Crippen LogP contribution in [0, 0.1) is 0 Å². The molecule has 0 unspecified atom stereocenters. The molecule has 3 heteroatoms. The third kappa shape index (κ3) is 2.93. The molecule has 3 nitrogen and oxygen atoms in total. The molecule has 112 valence electrons. The van der Waals surface area contributed by atoms with Crippen molar-refractivity contribution < 1.29 is 0 Å². The topological polar surface area (TPSA) is 51.8 Å². The Labute approximate surface area is 130 Å². The summed E-state index contributed by atoms with van der Waals surface area (Å²) in [5.74, 6) is 0. The van der Waals surface area contributed by atoms with Crippen LogP contribution < -0.4 is 16.3 Å². The standard InChI is InChI=1S/C19H21N3/c1-3-16-9-8-14(12-21-16)10-15-11-19(13(2)20)22-18-7-5-4-6-17(15)18/h6-9,11-12H,2-5,10,20H2,1H3. The van der Waals surface area contributed by atoms with E-state index in [1.54, 1.807) is 0 Å². The number of aryl methyl sites for hydroxylation is 1. The number of pyridine rings is 2. The molecular formula is C19H21N3. The summed E-state index contributed by atoms with van der Waals surface area (Å²) in [4.78, 5) is 9.10. The summed E-state index contributed by atoms with van der Waals surface area (Å²) in [6.07, 6.45) is 10.3. The second-order valence-electron chi connectivity index (χ2n) is 5.66. The number of hydrogen-bond acceptors (Lipinski definition) is 3. The first-order valence-electron chi connectivity index (χ1n) is 7.76. The number of nitrogens with two attached hydrogens (primary N) is 1. The Balaban J connectivity index is 2.05. The van der Waals surface area contributed by atoms with Gasteiger partial charge in [-0.3, -0.25) is 4.98 Å². The molecule has 2 N–H and O–H groups in total. The van der Waals surface area contributed by atoms with Gasteiger partial charge in [-0.05, 0) is 54.2 Å². The van der Waals surface area contributed by atoms with E-state index in [-0.39, 0.29) is 0 Å². The Hall–Kier alpha value is -2.42. The molecular weight excluding hydrogens is 270 g/mol. The minimum atomic E-state index is 0.516. The predicted molar refractivity (Wildman–Crippen MR) is 91.3 cm³/mol. The fraction of sp³-hybridized carbons (Fsp3) is 0.263. The summed E-state index contributed by atoms with van der Waals surface area (Å²) in [6, 6.07) is 6.31. The van der Waals surface area contributed by atoms with Crippen LogP contribution >= 0.6 is 0 Å². The van der Waals surface area contributed by atoms with Crippen molar-refractivity contribution in [3.05, 3.63) is 64.1 Å². The Morgan fingerprint density at radius 1 is 1.27 bits per heavy atom. The van der Waals surface area contributed by atoms with Crippen molar-refractivity contribution in [2.75, 3.05) is 0 Å². The highest BCUT2D eigenvalue weighted by Crippen LogP contribution is 2.10.